The largest absolute Gasteiger partial charge is 0.470 e. The van der Waals surface area contributed by atoms with Crippen molar-refractivity contribution in [2.75, 3.05) is 44.7 Å². The Morgan fingerprint density at radius 3 is 1.22 bits per heavy atom. The van der Waals surface area contributed by atoms with Gasteiger partial charge in [0.05, 0.1) is 37.4 Å². The molecule has 6 rings (SSSR count). The van der Waals surface area contributed by atoms with Crippen molar-refractivity contribution in [2.45, 2.75) is 127 Å². The molecule has 4 aromatic heterocycles. The summed E-state index contributed by atoms with van der Waals surface area (Å²) in [5.74, 6) is -4.35. The SMILES string of the molecule is CCn1cc(S(=O)(=O)N2C[C@@H](CS(=O)(=O)CC)Oc3ncc(CC(=O)OC(C)(C)C(F)(F)F)cc32)c(Cl)n1.CCn1cc(S(=O)(=O)N2C[C@H](CS(=O)(=O)CC)Oc3ncc(CC(=O)OC(C)(C)C(F)(F)F)cc32)c(Cl)n1. The quantitative estimate of drug-likeness (QED) is 0.0873. The second-order valence-corrected chi connectivity index (χ2v) is 27.1. The Labute approximate surface area is 443 Å². The van der Waals surface area contributed by atoms with Crippen LogP contribution in [0.25, 0.3) is 0 Å². The lowest BCUT2D eigenvalue weighted by Gasteiger charge is -2.34. The maximum Gasteiger partial charge on any atom is 0.427 e. The fraction of sp³-hybridized carbons (Fsp3) is 0.571. The third kappa shape index (κ3) is 14.3. The maximum absolute atomic E-state index is 13.7. The standard InChI is InChI=1S/2C21H26ClF3N4O7S2/c2*1-5-28-11-16(18(22)27-28)38(33,34)29-10-14(12-37(31,32)6-2)35-19-15(29)7-13(9-26-19)8-17(30)36-20(3,4)21(23,24)25/h2*7,9,11,14H,5-6,8,10,12H2,1-4H3/t2*14-/m10/s1. The minimum absolute atomic E-state index is 0.0329. The van der Waals surface area contributed by atoms with Crippen LogP contribution in [0.5, 0.6) is 11.8 Å². The number of hydrogen-bond acceptors (Lipinski definition) is 18. The van der Waals surface area contributed by atoms with Gasteiger partial charge in [0.25, 0.3) is 20.0 Å². The number of aryl methyl sites for hydroxylation is 2. The Morgan fingerprint density at radius 1 is 0.618 bits per heavy atom. The molecule has 0 spiro atoms. The van der Waals surface area contributed by atoms with Crippen LogP contribution >= 0.6 is 23.2 Å². The van der Waals surface area contributed by atoms with Gasteiger partial charge in [0, 0.05) is 49.4 Å². The molecule has 4 aromatic rings. The van der Waals surface area contributed by atoms with Crippen LogP contribution in [0.4, 0.5) is 37.7 Å². The number of halogens is 8. The van der Waals surface area contributed by atoms with Crippen LogP contribution < -0.4 is 18.1 Å². The highest BCUT2D eigenvalue weighted by Crippen LogP contribution is 2.41. The van der Waals surface area contributed by atoms with E-state index in [2.05, 4.69) is 29.6 Å². The average Bonchev–Trinajstić information content (AvgIpc) is 3.89. The van der Waals surface area contributed by atoms with E-state index in [1.165, 1.54) is 47.7 Å². The number of alkyl halides is 6. The number of carbonyl (C=O) groups is 2. The van der Waals surface area contributed by atoms with Crippen molar-refractivity contribution in [2.24, 2.45) is 0 Å². The lowest BCUT2D eigenvalue weighted by molar-refractivity contribution is -0.257. The average molecular weight is 1210 g/mol. The van der Waals surface area contributed by atoms with Gasteiger partial charge in [-0.25, -0.2) is 43.6 Å². The van der Waals surface area contributed by atoms with E-state index in [9.17, 15) is 69.6 Å². The minimum Gasteiger partial charge on any atom is -0.470 e. The molecule has 76 heavy (non-hydrogen) atoms. The number of fused-ring (bicyclic) bond motifs is 2. The van der Waals surface area contributed by atoms with Gasteiger partial charge >= 0.3 is 24.3 Å². The van der Waals surface area contributed by atoms with Gasteiger partial charge in [0.15, 0.2) is 30.0 Å². The van der Waals surface area contributed by atoms with Crippen molar-refractivity contribution in [3.8, 4) is 11.8 Å². The Kier molecular flexibility index (Phi) is 18.4. The smallest absolute Gasteiger partial charge is 0.427 e. The maximum atomic E-state index is 13.7. The van der Waals surface area contributed by atoms with Gasteiger partial charge in [-0.2, -0.15) is 36.5 Å². The number of sulfonamides is 2. The Bertz CT molecular complexity index is 3070. The molecule has 0 aliphatic carbocycles. The molecule has 0 bridgehead atoms. The molecule has 0 radical (unpaired) electrons. The first-order valence-electron chi connectivity index (χ1n) is 22.6. The second kappa shape index (κ2) is 22.7. The number of pyridine rings is 2. The van der Waals surface area contributed by atoms with Gasteiger partial charge < -0.3 is 18.9 Å². The second-order valence-electron chi connectivity index (χ2n) is 17.9. The molecule has 2 atom stereocenters. The molecule has 2 aliphatic rings. The van der Waals surface area contributed by atoms with Crippen LogP contribution in [0, 0.1) is 0 Å². The van der Waals surface area contributed by atoms with Crippen LogP contribution in [-0.4, -0.2) is 147 Å². The molecule has 6 heterocycles. The highest BCUT2D eigenvalue weighted by molar-refractivity contribution is 7.93. The lowest BCUT2D eigenvalue weighted by Crippen LogP contribution is -2.46. The number of carbonyl (C=O) groups excluding carboxylic acids is 2. The summed E-state index contributed by atoms with van der Waals surface area (Å²) >= 11 is 12.2. The number of sulfone groups is 2. The molecule has 0 N–H and O–H groups in total. The Hall–Kier alpha value is -5.18. The van der Waals surface area contributed by atoms with Gasteiger partial charge in [0.2, 0.25) is 23.0 Å². The van der Waals surface area contributed by atoms with Gasteiger partial charge in [-0.15, -0.1) is 0 Å². The number of esters is 2. The molecule has 0 fully saturated rings. The van der Waals surface area contributed by atoms with Gasteiger partial charge in [-0.1, -0.05) is 37.0 Å². The first-order chi connectivity index (χ1) is 34.8. The summed E-state index contributed by atoms with van der Waals surface area (Å²) in [6.45, 7) is 8.82. The molecule has 2 aliphatic heterocycles. The fourth-order valence-electron chi connectivity index (χ4n) is 6.84. The van der Waals surface area contributed by atoms with E-state index in [4.69, 9.17) is 32.7 Å². The zero-order chi connectivity index (χ0) is 57.4. The number of anilines is 2. The molecular formula is C42H52Cl2F6N8O14S4. The number of aromatic nitrogens is 6. The van der Waals surface area contributed by atoms with E-state index in [1.807, 2.05) is 0 Å². The van der Waals surface area contributed by atoms with E-state index in [0.29, 0.717) is 40.8 Å². The number of hydrogen-bond donors (Lipinski definition) is 0. The van der Waals surface area contributed by atoms with Crippen molar-refractivity contribution < 1.29 is 88.6 Å². The molecule has 0 saturated carbocycles. The van der Waals surface area contributed by atoms with Crippen LogP contribution in [0.1, 0.15) is 66.5 Å². The summed E-state index contributed by atoms with van der Waals surface area (Å²) in [5, 5.41) is 7.22. The third-order valence-electron chi connectivity index (χ3n) is 11.3. The Morgan fingerprint density at radius 2 is 0.947 bits per heavy atom. The monoisotopic (exact) mass is 1200 g/mol. The molecule has 22 nitrogen and oxygen atoms in total. The normalized spacial score (nSPS) is 16.6. The van der Waals surface area contributed by atoms with E-state index < -0.39 is 125 Å². The van der Waals surface area contributed by atoms with Crippen molar-refractivity contribution in [3.05, 3.63) is 58.4 Å². The van der Waals surface area contributed by atoms with Crippen LogP contribution in [-0.2, 0) is 84.7 Å². The van der Waals surface area contributed by atoms with Crippen molar-refractivity contribution in [3.63, 3.8) is 0 Å². The summed E-state index contributed by atoms with van der Waals surface area (Å²) < 4.78 is 207. The summed E-state index contributed by atoms with van der Waals surface area (Å²) in [6, 6.07) is 2.40. The zero-order valence-electron chi connectivity index (χ0n) is 41.6. The summed E-state index contributed by atoms with van der Waals surface area (Å²) in [7, 11) is -16.1. The predicted octanol–water partition coefficient (Wildman–Crippen LogP) is 5.54. The van der Waals surface area contributed by atoms with E-state index in [0.717, 1.165) is 21.0 Å². The van der Waals surface area contributed by atoms with Crippen LogP contribution in [0.15, 0.2) is 46.7 Å². The van der Waals surface area contributed by atoms with Crippen molar-refractivity contribution >= 4 is 86.2 Å². The molecular weight excluding hydrogens is 1150 g/mol. The third-order valence-corrected chi connectivity index (χ3v) is 19.2. The summed E-state index contributed by atoms with van der Waals surface area (Å²) in [5.41, 5.74) is -5.75. The topological polar surface area (TPSA) is 276 Å². The van der Waals surface area contributed by atoms with Crippen LogP contribution in [0.3, 0.4) is 0 Å². The minimum atomic E-state index is -4.81. The highest BCUT2D eigenvalue weighted by atomic mass is 35.5. The predicted molar refractivity (Wildman–Crippen MR) is 261 cm³/mol. The first-order valence-corrected chi connectivity index (χ1v) is 29.9. The number of nitrogens with zero attached hydrogens (tertiary/aromatic N) is 8. The van der Waals surface area contributed by atoms with Gasteiger partial charge in [0.1, 0.15) is 33.4 Å². The molecule has 424 valence electrons. The molecule has 0 aromatic carbocycles. The molecule has 0 amide bonds. The summed E-state index contributed by atoms with van der Waals surface area (Å²) in [6.07, 6.45) is -8.58. The van der Waals surface area contributed by atoms with Gasteiger partial charge in [-0.05, 0) is 64.8 Å². The number of rotatable bonds is 18. The molecule has 0 unspecified atom stereocenters. The lowest BCUT2D eigenvalue weighted by atomic mass is 10.1. The zero-order valence-corrected chi connectivity index (χ0v) is 46.4. The summed E-state index contributed by atoms with van der Waals surface area (Å²) in [4.78, 5) is 31.8. The molecule has 34 heteroatoms. The Balaban J connectivity index is 0.000000281. The van der Waals surface area contributed by atoms with Gasteiger partial charge in [-0.3, -0.25) is 27.6 Å². The first kappa shape index (κ1) is 61.7. The molecule has 0 saturated heterocycles. The fourth-order valence-corrected chi connectivity index (χ4v) is 12.7. The van der Waals surface area contributed by atoms with Crippen molar-refractivity contribution in [1.29, 1.82) is 0 Å². The van der Waals surface area contributed by atoms with Crippen LogP contribution in [0.2, 0.25) is 10.3 Å². The van der Waals surface area contributed by atoms with E-state index >= 15 is 0 Å². The number of ether oxygens (including phenoxy) is 4. The highest BCUT2D eigenvalue weighted by Gasteiger charge is 2.52. The van der Waals surface area contributed by atoms with Crippen molar-refractivity contribution in [1.82, 2.24) is 29.5 Å². The van der Waals surface area contributed by atoms with E-state index in [-0.39, 0.29) is 65.9 Å². The van der Waals surface area contributed by atoms with E-state index in [1.54, 1.807) is 13.8 Å².